The number of hydrogen-bond acceptors (Lipinski definition) is 2. The van der Waals surface area contributed by atoms with Crippen LogP contribution in [0.15, 0.2) is 0 Å². The molecule has 0 aromatic rings. The van der Waals surface area contributed by atoms with Crippen molar-refractivity contribution in [3.63, 3.8) is 0 Å². The van der Waals surface area contributed by atoms with Gasteiger partial charge in [0, 0.05) is 0 Å². The second-order valence-electron chi connectivity index (χ2n) is 6.44. The van der Waals surface area contributed by atoms with Crippen LogP contribution in [0.4, 0.5) is 0 Å². The SMILES string of the molecule is CCC1CCC(OC(=O)C2CCC(C)CC2)CC1. The highest BCUT2D eigenvalue weighted by Crippen LogP contribution is 2.32. The van der Waals surface area contributed by atoms with Gasteiger partial charge in [-0.1, -0.05) is 20.3 Å². The smallest absolute Gasteiger partial charge is 0.309 e. The Morgan fingerprint density at radius 3 is 2.17 bits per heavy atom. The van der Waals surface area contributed by atoms with E-state index in [1.807, 2.05) is 0 Å². The third kappa shape index (κ3) is 3.73. The minimum absolute atomic E-state index is 0.0989. The van der Waals surface area contributed by atoms with Crippen LogP contribution in [-0.2, 0) is 9.53 Å². The fourth-order valence-electron chi connectivity index (χ4n) is 3.41. The maximum atomic E-state index is 12.1. The zero-order valence-electron chi connectivity index (χ0n) is 12.0. The molecule has 0 heterocycles. The van der Waals surface area contributed by atoms with Gasteiger partial charge in [-0.3, -0.25) is 4.79 Å². The van der Waals surface area contributed by atoms with Crippen molar-refractivity contribution in [2.24, 2.45) is 17.8 Å². The second kappa shape index (κ2) is 6.58. The van der Waals surface area contributed by atoms with E-state index in [4.69, 9.17) is 4.74 Å². The Morgan fingerprint density at radius 2 is 1.61 bits per heavy atom. The summed E-state index contributed by atoms with van der Waals surface area (Å²) < 4.78 is 5.72. The summed E-state index contributed by atoms with van der Waals surface area (Å²) in [6.45, 7) is 4.55. The van der Waals surface area contributed by atoms with Crippen LogP contribution in [0.5, 0.6) is 0 Å². The van der Waals surface area contributed by atoms with Crippen molar-refractivity contribution < 1.29 is 9.53 Å². The first-order chi connectivity index (χ1) is 8.69. The number of rotatable bonds is 3. The van der Waals surface area contributed by atoms with Crippen LogP contribution < -0.4 is 0 Å². The maximum Gasteiger partial charge on any atom is 0.309 e. The number of carbonyl (C=O) groups excluding carboxylic acids is 1. The zero-order valence-corrected chi connectivity index (χ0v) is 12.0. The Morgan fingerprint density at radius 1 is 1.00 bits per heavy atom. The van der Waals surface area contributed by atoms with E-state index < -0.39 is 0 Å². The van der Waals surface area contributed by atoms with Crippen LogP contribution >= 0.6 is 0 Å². The summed E-state index contributed by atoms with van der Waals surface area (Å²) in [5.41, 5.74) is 0. The number of ether oxygens (including phenoxy) is 1. The molecule has 0 bridgehead atoms. The van der Waals surface area contributed by atoms with Gasteiger partial charge >= 0.3 is 5.97 Å². The third-order valence-electron chi connectivity index (χ3n) is 5.00. The highest BCUT2D eigenvalue weighted by Gasteiger charge is 2.29. The molecule has 0 N–H and O–H groups in total. The lowest BCUT2D eigenvalue weighted by molar-refractivity contribution is -0.157. The minimum Gasteiger partial charge on any atom is -0.462 e. The molecule has 18 heavy (non-hydrogen) atoms. The average Bonchev–Trinajstić information content (AvgIpc) is 2.40. The monoisotopic (exact) mass is 252 g/mol. The van der Waals surface area contributed by atoms with Gasteiger partial charge in [-0.05, 0) is 63.2 Å². The molecular weight excluding hydrogens is 224 g/mol. The van der Waals surface area contributed by atoms with Crippen LogP contribution in [-0.4, -0.2) is 12.1 Å². The largest absolute Gasteiger partial charge is 0.462 e. The minimum atomic E-state index is 0.0989. The Kier molecular flexibility index (Phi) is 5.08. The Balaban J connectivity index is 1.71. The number of hydrogen-bond donors (Lipinski definition) is 0. The molecule has 0 unspecified atom stereocenters. The topological polar surface area (TPSA) is 26.3 Å². The maximum absolute atomic E-state index is 12.1. The summed E-state index contributed by atoms with van der Waals surface area (Å²) in [4.78, 5) is 12.1. The Labute approximate surface area is 111 Å². The number of carbonyl (C=O) groups is 1. The van der Waals surface area contributed by atoms with Crippen LogP contribution in [0, 0.1) is 17.8 Å². The molecule has 0 aromatic carbocycles. The van der Waals surface area contributed by atoms with Gasteiger partial charge in [0.1, 0.15) is 6.10 Å². The normalized spacial score (nSPS) is 37.2. The van der Waals surface area contributed by atoms with E-state index in [-0.39, 0.29) is 18.0 Å². The van der Waals surface area contributed by atoms with Crippen molar-refractivity contribution in [2.75, 3.05) is 0 Å². The van der Waals surface area contributed by atoms with E-state index in [9.17, 15) is 4.79 Å². The lowest BCUT2D eigenvalue weighted by Crippen LogP contribution is -2.29. The Hall–Kier alpha value is -0.530. The van der Waals surface area contributed by atoms with Gasteiger partial charge in [0.2, 0.25) is 0 Å². The molecule has 2 heteroatoms. The molecule has 2 aliphatic rings. The first-order valence-corrected chi connectivity index (χ1v) is 7.89. The van der Waals surface area contributed by atoms with Crippen molar-refractivity contribution in [2.45, 2.75) is 77.7 Å². The number of esters is 1. The summed E-state index contributed by atoms with van der Waals surface area (Å²) in [7, 11) is 0. The van der Waals surface area contributed by atoms with Crippen molar-refractivity contribution in [1.82, 2.24) is 0 Å². The standard InChI is InChI=1S/C16H28O2/c1-3-13-6-10-15(11-7-13)18-16(17)14-8-4-12(2)5-9-14/h12-15H,3-11H2,1-2H3. The average molecular weight is 252 g/mol. The molecular formula is C16H28O2. The fraction of sp³-hybridized carbons (Fsp3) is 0.938. The van der Waals surface area contributed by atoms with Crippen LogP contribution in [0.1, 0.15) is 71.6 Å². The molecule has 0 radical (unpaired) electrons. The van der Waals surface area contributed by atoms with Crippen molar-refractivity contribution >= 4 is 5.97 Å². The van der Waals surface area contributed by atoms with Crippen LogP contribution in [0.3, 0.4) is 0 Å². The molecule has 0 aliphatic heterocycles. The van der Waals surface area contributed by atoms with Gasteiger partial charge in [0.15, 0.2) is 0 Å². The zero-order chi connectivity index (χ0) is 13.0. The molecule has 2 fully saturated rings. The molecule has 2 saturated carbocycles. The van der Waals surface area contributed by atoms with E-state index in [0.29, 0.717) is 0 Å². The third-order valence-corrected chi connectivity index (χ3v) is 5.00. The molecule has 2 nitrogen and oxygen atoms in total. The summed E-state index contributed by atoms with van der Waals surface area (Å²) in [5.74, 6) is 1.97. The second-order valence-corrected chi connectivity index (χ2v) is 6.44. The molecule has 2 aliphatic carbocycles. The quantitative estimate of drug-likeness (QED) is 0.699. The van der Waals surface area contributed by atoms with Crippen molar-refractivity contribution in [3.05, 3.63) is 0 Å². The van der Waals surface area contributed by atoms with E-state index in [1.54, 1.807) is 0 Å². The molecule has 104 valence electrons. The lowest BCUT2D eigenvalue weighted by atomic mass is 9.83. The van der Waals surface area contributed by atoms with E-state index in [0.717, 1.165) is 37.5 Å². The lowest BCUT2D eigenvalue weighted by Gasteiger charge is -2.30. The van der Waals surface area contributed by atoms with Crippen LogP contribution in [0.2, 0.25) is 0 Å². The van der Waals surface area contributed by atoms with E-state index >= 15 is 0 Å². The molecule has 0 spiro atoms. The molecule has 0 saturated heterocycles. The predicted molar refractivity (Wildman–Crippen MR) is 73.3 cm³/mol. The molecule has 0 amide bonds. The highest BCUT2D eigenvalue weighted by atomic mass is 16.5. The highest BCUT2D eigenvalue weighted by molar-refractivity contribution is 5.72. The summed E-state index contributed by atoms with van der Waals surface area (Å²) in [6.07, 6.45) is 10.7. The molecule has 0 atom stereocenters. The van der Waals surface area contributed by atoms with Gasteiger partial charge < -0.3 is 4.74 Å². The summed E-state index contributed by atoms with van der Waals surface area (Å²) in [5, 5.41) is 0. The van der Waals surface area contributed by atoms with Gasteiger partial charge in [0.25, 0.3) is 0 Å². The van der Waals surface area contributed by atoms with Gasteiger partial charge in [-0.15, -0.1) is 0 Å². The Bertz CT molecular complexity index is 258. The van der Waals surface area contributed by atoms with E-state index in [2.05, 4.69) is 13.8 Å². The predicted octanol–water partition coefficient (Wildman–Crippen LogP) is 4.32. The van der Waals surface area contributed by atoms with Crippen molar-refractivity contribution in [3.8, 4) is 0 Å². The van der Waals surface area contributed by atoms with Gasteiger partial charge in [-0.2, -0.15) is 0 Å². The first-order valence-electron chi connectivity index (χ1n) is 7.89. The summed E-state index contributed by atoms with van der Waals surface area (Å²) >= 11 is 0. The summed E-state index contributed by atoms with van der Waals surface area (Å²) in [6, 6.07) is 0. The van der Waals surface area contributed by atoms with E-state index in [1.165, 1.54) is 32.1 Å². The van der Waals surface area contributed by atoms with Crippen LogP contribution in [0.25, 0.3) is 0 Å². The first kappa shape index (κ1) is 13.9. The van der Waals surface area contributed by atoms with Gasteiger partial charge in [-0.25, -0.2) is 0 Å². The van der Waals surface area contributed by atoms with Gasteiger partial charge in [0.05, 0.1) is 5.92 Å². The molecule has 2 rings (SSSR count). The van der Waals surface area contributed by atoms with Crippen molar-refractivity contribution in [1.29, 1.82) is 0 Å². The fourth-order valence-corrected chi connectivity index (χ4v) is 3.41. The molecule has 0 aromatic heterocycles.